The number of aryl methyl sites for hydroxylation is 3. The molecular weight excluding hydrogens is 226 g/mol. The fraction of sp³-hybridized carbons (Fsp3) is 0.455. The minimum absolute atomic E-state index is 0.769. The van der Waals surface area contributed by atoms with Crippen LogP contribution in [0, 0.1) is 13.8 Å². The maximum Gasteiger partial charge on any atom is 0.0207 e. The Morgan fingerprint density at radius 3 is 2.54 bits per heavy atom. The average molecular weight is 242 g/mol. The van der Waals surface area contributed by atoms with Gasteiger partial charge in [0.05, 0.1) is 0 Å². The molecule has 0 aliphatic heterocycles. The lowest BCUT2D eigenvalue weighted by Crippen LogP contribution is -2.01. The molecule has 0 aliphatic rings. The van der Waals surface area contributed by atoms with Crippen LogP contribution in [0.4, 0.5) is 0 Å². The molecule has 0 spiro atoms. The number of rotatable bonds is 3. The van der Waals surface area contributed by atoms with Gasteiger partial charge in [0.15, 0.2) is 0 Å². The first kappa shape index (κ1) is 10.7. The zero-order valence-corrected chi connectivity index (χ0v) is 9.82. The van der Waals surface area contributed by atoms with Crippen LogP contribution >= 0.6 is 15.9 Å². The molecule has 13 heavy (non-hydrogen) atoms. The number of halogens is 1. The molecular formula is C11H16BrN. The Hall–Kier alpha value is -0.340. The summed E-state index contributed by atoms with van der Waals surface area (Å²) in [5.74, 6) is 0. The molecule has 0 unspecified atom stereocenters. The Kier molecular flexibility index (Phi) is 3.94. The van der Waals surface area contributed by atoms with Crippen molar-refractivity contribution < 1.29 is 0 Å². The molecule has 0 amide bonds. The Morgan fingerprint density at radius 1 is 1.23 bits per heavy atom. The lowest BCUT2D eigenvalue weighted by atomic mass is 10.0. The highest BCUT2D eigenvalue weighted by atomic mass is 79.9. The largest absolute Gasteiger partial charge is 0.330 e. The van der Waals surface area contributed by atoms with Gasteiger partial charge in [0.1, 0.15) is 0 Å². The predicted molar refractivity (Wildman–Crippen MR) is 61.0 cm³/mol. The molecule has 0 fully saturated rings. The molecule has 0 aromatic heterocycles. The summed E-state index contributed by atoms with van der Waals surface area (Å²) in [6.45, 7) is 5.04. The van der Waals surface area contributed by atoms with E-state index in [0.29, 0.717) is 0 Å². The van der Waals surface area contributed by atoms with Gasteiger partial charge in [-0.05, 0) is 56.0 Å². The fourth-order valence-electron chi connectivity index (χ4n) is 1.43. The highest BCUT2D eigenvalue weighted by Gasteiger charge is 2.01. The molecule has 0 heterocycles. The lowest BCUT2D eigenvalue weighted by molar-refractivity contribution is 0.827. The summed E-state index contributed by atoms with van der Waals surface area (Å²) in [4.78, 5) is 0. The summed E-state index contributed by atoms with van der Waals surface area (Å²) in [7, 11) is 0. The molecule has 0 aliphatic carbocycles. The van der Waals surface area contributed by atoms with Crippen LogP contribution in [0.25, 0.3) is 0 Å². The van der Waals surface area contributed by atoms with Crippen molar-refractivity contribution in [2.75, 3.05) is 6.54 Å². The van der Waals surface area contributed by atoms with E-state index < -0.39 is 0 Å². The van der Waals surface area contributed by atoms with Crippen LogP contribution in [0.15, 0.2) is 16.6 Å². The van der Waals surface area contributed by atoms with Crippen LogP contribution in [-0.2, 0) is 6.42 Å². The summed E-state index contributed by atoms with van der Waals surface area (Å²) in [5.41, 5.74) is 9.56. The molecule has 1 nitrogen and oxygen atoms in total. The van der Waals surface area contributed by atoms with Crippen molar-refractivity contribution in [3.05, 3.63) is 33.3 Å². The van der Waals surface area contributed by atoms with Gasteiger partial charge < -0.3 is 5.73 Å². The first-order valence-corrected chi connectivity index (χ1v) is 5.40. The highest BCUT2D eigenvalue weighted by molar-refractivity contribution is 9.10. The van der Waals surface area contributed by atoms with Crippen molar-refractivity contribution in [2.45, 2.75) is 26.7 Å². The van der Waals surface area contributed by atoms with E-state index in [1.54, 1.807) is 0 Å². The van der Waals surface area contributed by atoms with Crippen molar-refractivity contribution in [3.63, 3.8) is 0 Å². The highest BCUT2D eigenvalue weighted by Crippen LogP contribution is 2.21. The second-order valence-corrected chi connectivity index (χ2v) is 4.27. The van der Waals surface area contributed by atoms with E-state index >= 15 is 0 Å². The number of hydrogen-bond donors (Lipinski definition) is 1. The van der Waals surface area contributed by atoms with E-state index in [1.807, 2.05) is 0 Å². The first-order chi connectivity index (χ1) is 6.15. The fourth-order valence-corrected chi connectivity index (χ4v) is 1.82. The zero-order chi connectivity index (χ0) is 9.84. The second kappa shape index (κ2) is 4.77. The lowest BCUT2D eigenvalue weighted by Gasteiger charge is -2.07. The Morgan fingerprint density at radius 2 is 1.92 bits per heavy atom. The van der Waals surface area contributed by atoms with E-state index in [2.05, 4.69) is 41.9 Å². The van der Waals surface area contributed by atoms with Gasteiger partial charge in [0, 0.05) is 4.47 Å². The third-order valence-corrected chi connectivity index (χ3v) is 3.12. The summed E-state index contributed by atoms with van der Waals surface area (Å²) >= 11 is 3.54. The topological polar surface area (TPSA) is 26.0 Å². The summed E-state index contributed by atoms with van der Waals surface area (Å²) in [6, 6.07) is 4.43. The number of nitrogens with two attached hydrogens (primary N) is 1. The standard InChI is InChI=1S/C11H16BrN/c1-8-6-9(2)11(12)7-10(8)4-3-5-13/h6-7H,3-5,13H2,1-2H3. The third kappa shape index (κ3) is 2.82. The van der Waals surface area contributed by atoms with Gasteiger partial charge in [0.25, 0.3) is 0 Å². The quantitative estimate of drug-likeness (QED) is 0.866. The number of hydrogen-bond acceptors (Lipinski definition) is 1. The van der Waals surface area contributed by atoms with Gasteiger partial charge in [-0.2, -0.15) is 0 Å². The molecule has 0 bridgehead atoms. The van der Waals surface area contributed by atoms with Crippen LogP contribution in [0.5, 0.6) is 0 Å². The van der Waals surface area contributed by atoms with Gasteiger partial charge in [-0.1, -0.05) is 22.0 Å². The van der Waals surface area contributed by atoms with Gasteiger partial charge >= 0.3 is 0 Å². The van der Waals surface area contributed by atoms with E-state index in [9.17, 15) is 0 Å². The van der Waals surface area contributed by atoms with Crippen molar-refractivity contribution in [2.24, 2.45) is 5.73 Å². The van der Waals surface area contributed by atoms with E-state index in [4.69, 9.17) is 5.73 Å². The molecule has 1 rings (SSSR count). The maximum absolute atomic E-state index is 5.48. The van der Waals surface area contributed by atoms with Crippen molar-refractivity contribution >= 4 is 15.9 Å². The smallest absolute Gasteiger partial charge is 0.0207 e. The zero-order valence-electron chi connectivity index (χ0n) is 8.23. The summed E-state index contributed by atoms with van der Waals surface area (Å²) in [6.07, 6.45) is 2.15. The monoisotopic (exact) mass is 241 g/mol. The predicted octanol–water partition coefficient (Wildman–Crippen LogP) is 2.96. The maximum atomic E-state index is 5.48. The van der Waals surface area contributed by atoms with Gasteiger partial charge in [-0.25, -0.2) is 0 Å². The minimum atomic E-state index is 0.769. The van der Waals surface area contributed by atoms with Crippen molar-refractivity contribution in [3.8, 4) is 0 Å². The summed E-state index contributed by atoms with van der Waals surface area (Å²) in [5, 5.41) is 0. The normalized spacial score (nSPS) is 10.5. The average Bonchev–Trinajstić information content (AvgIpc) is 2.09. The second-order valence-electron chi connectivity index (χ2n) is 3.42. The van der Waals surface area contributed by atoms with Crippen LogP contribution < -0.4 is 5.73 Å². The van der Waals surface area contributed by atoms with Gasteiger partial charge in [0.2, 0.25) is 0 Å². The molecule has 1 aromatic carbocycles. The molecule has 1 aromatic rings. The molecule has 0 atom stereocenters. The Balaban J connectivity index is 2.88. The minimum Gasteiger partial charge on any atom is -0.330 e. The van der Waals surface area contributed by atoms with E-state index in [1.165, 1.54) is 21.2 Å². The first-order valence-electron chi connectivity index (χ1n) is 4.61. The van der Waals surface area contributed by atoms with Crippen LogP contribution in [0.2, 0.25) is 0 Å². The van der Waals surface area contributed by atoms with Gasteiger partial charge in [-0.15, -0.1) is 0 Å². The van der Waals surface area contributed by atoms with Gasteiger partial charge in [-0.3, -0.25) is 0 Å². The number of benzene rings is 1. The molecule has 0 radical (unpaired) electrons. The van der Waals surface area contributed by atoms with Crippen molar-refractivity contribution in [1.82, 2.24) is 0 Å². The molecule has 2 N–H and O–H groups in total. The molecule has 2 heteroatoms. The van der Waals surface area contributed by atoms with Crippen LogP contribution in [0.1, 0.15) is 23.1 Å². The van der Waals surface area contributed by atoms with Crippen molar-refractivity contribution in [1.29, 1.82) is 0 Å². The third-order valence-electron chi connectivity index (χ3n) is 2.27. The van der Waals surface area contributed by atoms with Crippen LogP contribution in [0.3, 0.4) is 0 Å². The Labute approximate surface area is 88.5 Å². The summed E-state index contributed by atoms with van der Waals surface area (Å²) < 4.78 is 1.20. The molecule has 72 valence electrons. The Bertz CT molecular complexity index is 294. The molecule has 0 saturated heterocycles. The SMILES string of the molecule is Cc1cc(C)c(CCCN)cc1Br. The molecule has 0 saturated carbocycles. The van der Waals surface area contributed by atoms with Crippen LogP contribution in [-0.4, -0.2) is 6.54 Å². The van der Waals surface area contributed by atoms with E-state index in [0.717, 1.165) is 19.4 Å². The van der Waals surface area contributed by atoms with E-state index in [-0.39, 0.29) is 0 Å².